The monoisotopic (exact) mass is 218 g/mol. The third-order valence-electron chi connectivity index (χ3n) is 3.04. The highest BCUT2D eigenvalue weighted by atomic mass is 15.1. The number of hydrogen-bond acceptors (Lipinski definition) is 4. The summed E-state index contributed by atoms with van der Waals surface area (Å²) < 4.78 is 0. The van der Waals surface area contributed by atoms with Gasteiger partial charge in [0.25, 0.3) is 0 Å². The summed E-state index contributed by atoms with van der Waals surface area (Å²) in [5, 5.41) is 11.9. The molecule has 1 heterocycles. The van der Waals surface area contributed by atoms with Crippen molar-refractivity contribution in [3.8, 4) is 6.07 Å². The summed E-state index contributed by atoms with van der Waals surface area (Å²) in [6.07, 6.45) is 1.59. The molecular formula is C12H18N4. The lowest BCUT2D eigenvalue weighted by molar-refractivity contribution is 0.269. The van der Waals surface area contributed by atoms with Crippen LogP contribution < -0.4 is 5.32 Å². The molecule has 0 saturated carbocycles. The molecular weight excluding hydrogens is 200 g/mol. The average Bonchev–Trinajstić information content (AvgIpc) is 2.26. The van der Waals surface area contributed by atoms with Crippen LogP contribution in [0.2, 0.25) is 0 Å². The van der Waals surface area contributed by atoms with Crippen molar-refractivity contribution < 1.29 is 0 Å². The Balaban J connectivity index is 2.65. The molecule has 0 bridgehead atoms. The summed E-state index contributed by atoms with van der Waals surface area (Å²) in [4.78, 5) is 8.15. The van der Waals surface area contributed by atoms with Crippen molar-refractivity contribution in [2.75, 3.05) is 11.9 Å². The molecule has 0 unspecified atom stereocenters. The van der Waals surface area contributed by atoms with Crippen molar-refractivity contribution in [1.29, 1.82) is 5.26 Å². The van der Waals surface area contributed by atoms with E-state index in [1.54, 1.807) is 12.3 Å². The van der Waals surface area contributed by atoms with E-state index in [1.807, 2.05) is 6.07 Å². The molecule has 1 N–H and O–H groups in total. The zero-order valence-electron chi connectivity index (χ0n) is 10.3. The van der Waals surface area contributed by atoms with Gasteiger partial charge >= 0.3 is 0 Å². The predicted molar refractivity (Wildman–Crippen MR) is 63.9 cm³/mol. The summed E-state index contributed by atoms with van der Waals surface area (Å²) in [6, 6.07) is 3.59. The molecule has 0 aliphatic heterocycles. The first kappa shape index (κ1) is 12.4. The van der Waals surface area contributed by atoms with Crippen molar-refractivity contribution in [3.63, 3.8) is 0 Å². The quantitative estimate of drug-likeness (QED) is 0.843. The molecule has 86 valence electrons. The summed E-state index contributed by atoms with van der Waals surface area (Å²) in [5.41, 5.74) is 0.561. The molecule has 0 aliphatic rings. The second-order valence-electron chi connectivity index (χ2n) is 4.87. The van der Waals surface area contributed by atoms with Crippen LogP contribution in [0.1, 0.15) is 33.4 Å². The zero-order valence-corrected chi connectivity index (χ0v) is 10.3. The second-order valence-corrected chi connectivity index (χ2v) is 4.87. The Hall–Kier alpha value is -1.63. The number of hydrogen-bond donors (Lipinski definition) is 1. The van der Waals surface area contributed by atoms with E-state index in [1.165, 1.54) is 0 Å². The number of nitrogens with one attached hydrogen (secondary N) is 1. The first-order chi connectivity index (χ1) is 7.45. The molecule has 4 heteroatoms. The van der Waals surface area contributed by atoms with Gasteiger partial charge in [-0.3, -0.25) is 0 Å². The van der Waals surface area contributed by atoms with Gasteiger partial charge in [0.15, 0.2) is 0 Å². The van der Waals surface area contributed by atoms with E-state index in [4.69, 9.17) is 5.26 Å². The van der Waals surface area contributed by atoms with Gasteiger partial charge in [-0.1, -0.05) is 27.7 Å². The van der Waals surface area contributed by atoms with Gasteiger partial charge in [-0.25, -0.2) is 9.97 Å². The Morgan fingerprint density at radius 2 is 2.19 bits per heavy atom. The van der Waals surface area contributed by atoms with Crippen molar-refractivity contribution >= 4 is 5.95 Å². The van der Waals surface area contributed by atoms with Gasteiger partial charge in [0.05, 0.1) is 0 Å². The molecule has 0 radical (unpaired) electrons. The van der Waals surface area contributed by atoms with Gasteiger partial charge in [-0.05, 0) is 17.4 Å². The molecule has 0 aliphatic carbocycles. The fourth-order valence-electron chi connectivity index (χ4n) is 1.02. The summed E-state index contributed by atoms with van der Waals surface area (Å²) in [5.74, 6) is 1.09. The third kappa shape index (κ3) is 3.20. The molecule has 0 spiro atoms. The first-order valence-corrected chi connectivity index (χ1v) is 5.43. The molecule has 1 aromatic rings. The van der Waals surface area contributed by atoms with E-state index < -0.39 is 0 Å². The largest absolute Gasteiger partial charge is 0.354 e. The van der Waals surface area contributed by atoms with Crippen molar-refractivity contribution in [2.45, 2.75) is 27.7 Å². The Labute approximate surface area is 96.7 Å². The standard InChI is InChI=1S/C12H18N4/c1-9(2)12(3,4)8-15-11-14-6-5-10(7-13)16-11/h5-6,9H,8H2,1-4H3,(H,14,15,16). The topological polar surface area (TPSA) is 61.6 Å². The number of rotatable bonds is 4. The van der Waals surface area contributed by atoms with Crippen molar-refractivity contribution in [1.82, 2.24) is 9.97 Å². The normalized spacial score (nSPS) is 11.2. The van der Waals surface area contributed by atoms with Crippen LogP contribution in [0.4, 0.5) is 5.95 Å². The fourth-order valence-corrected chi connectivity index (χ4v) is 1.02. The highest BCUT2D eigenvalue weighted by Crippen LogP contribution is 2.25. The van der Waals surface area contributed by atoms with E-state index in [2.05, 4.69) is 43.0 Å². The lowest BCUT2D eigenvalue weighted by Gasteiger charge is -2.29. The van der Waals surface area contributed by atoms with Crippen LogP contribution in [0.25, 0.3) is 0 Å². The minimum absolute atomic E-state index is 0.173. The molecule has 0 fully saturated rings. The maximum atomic E-state index is 8.71. The lowest BCUT2D eigenvalue weighted by Crippen LogP contribution is -2.29. The van der Waals surface area contributed by atoms with Crippen LogP contribution in [-0.2, 0) is 0 Å². The van der Waals surface area contributed by atoms with Crippen LogP contribution >= 0.6 is 0 Å². The van der Waals surface area contributed by atoms with E-state index >= 15 is 0 Å². The van der Waals surface area contributed by atoms with Crippen LogP contribution in [0.3, 0.4) is 0 Å². The highest BCUT2D eigenvalue weighted by molar-refractivity contribution is 5.30. The highest BCUT2D eigenvalue weighted by Gasteiger charge is 2.22. The third-order valence-corrected chi connectivity index (χ3v) is 3.04. The van der Waals surface area contributed by atoms with Gasteiger partial charge in [0.1, 0.15) is 11.8 Å². The maximum absolute atomic E-state index is 8.71. The number of aromatic nitrogens is 2. The van der Waals surface area contributed by atoms with Gasteiger partial charge in [0, 0.05) is 12.7 Å². The molecule has 0 amide bonds. The number of anilines is 1. The molecule has 0 aromatic carbocycles. The smallest absolute Gasteiger partial charge is 0.223 e. The Morgan fingerprint density at radius 1 is 1.50 bits per heavy atom. The van der Waals surface area contributed by atoms with Crippen LogP contribution in [-0.4, -0.2) is 16.5 Å². The minimum atomic E-state index is 0.173. The first-order valence-electron chi connectivity index (χ1n) is 5.43. The minimum Gasteiger partial charge on any atom is -0.354 e. The van der Waals surface area contributed by atoms with Crippen LogP contribution in [0.5, 0.6) is 0 Å². The van der Waals surface area contributed by atoms with Crippen LogP contribution in [0.15, 0.2) is 12.3 Å². The van der Waals surface area contributed by atoms with Gasteiger partial charge in [-0.15, -0.1) is 0 Å². The van der Waals surface area contributed by atoms with Gasteiger partial charge in [0.2, 0.25) is 5.95 Å². The molecule has 1 rings (SSSR count). The van der Waals surface area contributed by atoms with Gasteiger partial charge < -0.3 is 5.32 Å². The maximum Gasteiger partial charge on any atom is 0.223 e. The van der Waals surface area contributed by atoms with Crippen molar-refractivity contribution in [3.05, 3.63) is 18.0 Å². The fraction of sp³-hybridized carbons (Fsp3) is 0.583. The summed E-state index contributed by atoms with van der Waals surface area (Å²) in [7, 11) is 0. The second kappa shape index (κ2) is 4.93. The number of nitrogens with zero attached hydrogens (tertiary/aromatic N) is 3. The molecule has 16 heavy (non-hydrogen) atoms. The van der Waals surface area contributed by atoms with E-state index in [0.29, 0.717) is 17.6 Å². The predicted octanol–water partition coefficient (Wildman–Crippen LogP) is 2.44. The van der Waals surface area contributed by atoms with E-state index in [9.17, 15) is 0 Å². The van der Waals surface area contributed by atoms with Gasteiger partial charge in [-0.2, -0.15) is 5.26 Å². The Morgan fingerprint density at radius 3 is 2.75 bits per heavy atom. The van der Waals surface area contributed by atoms with Crippen molar-refractivity contribution in [2.24, 2.45) is 11.3 Å². The van der Waals surface area contributed by atoms with E-state index in [-0.39, 0.29) is 5.41 Å². The Kier molecular flexibility index (Phi) is 3.83. The Bertz CT molecular complexity index is 390. The zero-order chi connectivity index (χ0) is 12.2. The molecule has 4 nitrogen and oxygen atoms in total. The summed E-state index contributed by atoms with van der Waals surface area (Å²) >= 11 is 0. The average molecular weight is 218 g/mol. The van der Waals surface area contributed by atoms with E-state index in [0.717, 1.165) is 6.54 Å². The SMILES string of the molecule is CC(C)C(C)(C)CNc1nccc(C#N)n1. The molecule has 1 aromatic heterocycles. The summed E-state index contributed by atoms with van der Waals surface area (Å²) in [6.45, 7) is 9.56. The molecule has 0 saturated heterocycles. The lowest BCUT2D eigenvalue weighted by atomic mass is 9.81. The van der Waals surface area contributed by atoms with Crippen LogP contribution in [0, 0.1) is 22.7 Å². The number of nitriles is 1. The molecule has 0 atom stereocenters.